The van der Waals surface area contributed by atoms with Crippen LogP contribution in [0, 0.1) is 0 Å². The van der Waals surface area contributed by atoms with Crippen molar-refractivity contribution >= 4 is 10.9 Å². The predicted octanol–water partition coefficient (Wildman–Crippen LogP) is 2.17. The molecule has 1 aromatic carbocycles. The third-order valence-corrected chi connectivity index (χ3v) is 3.46. The molecule has 21 heavy (non-hydrogen) atoms. The van der Waals surface area contributed by atoms with E-state index in [0.717, 1.165) is 16.6 Å². The molecule has 2 N–H and O–H groups in total. The molecule has 0 bridgehead atoms. The lowest BCUT2D eigenvalue weighted by atomic mass is 10.1. The van der Waals surface area contributed by atoms with Crippen molar-refractivity contribution in [3.8, 4) is 0 Å². The summed E-state index contributed by atoms with van der Waals surface area (Å²) < 4.78 is 0. The Morgan fingerprint density at radius 1 is 1.29 bits per heavy atom. The van der Waals surface area contributed by atoms with Crippen molar-refractivity contribution in [1.82, 2.24) is 20.3 Å². The van der Waals surface area contributed by atoms with Gasteiger partial charge in [-0.25, -0.2) is 0 Å². The van der Waals surface area contributed by atoms with E-state index in [1.807, 2.05) is 37.3 Å². The molecule has 2 heterocycles. The molecule has 0 fully saturated rings. The molecular formula is C16H16N4O. The van der Waals surface area contributed by atoms with Crippen molar-refractivity contribution in [2.75, 3.05) is 0 Å². The minimum Gasteiger partial charge on any atom is -0.322 e. The number of aromatic amines is 1. The van der Waals surface area contributed by atoms with E-state index in [0.29, 0.717) is 12.1 Å². The minimum absolute atomic E-state index is 0.0320. The van der Waals surface area contributed by atoms with Gasteiger partial charge in [0.25, 0.3) is 5.56 Å². The monoisotopic (exact) mass is 280 g/mol. The molecule has 1 unspecified atom stereocenters. The molecule has 0 aliphatic carbocycles. The van der Waals surface area contributed by atoms with Gasteiger partial charge in [0.15, 0.2) is 0 Å². The second-order valence-electron chi connectivity index (χ2n) is 4.94. The zero-order chi connectivity index (χ0) is 14.7. The van der Waals surface area contributed by atoms with Gasteiger partial charge in [-0.15, -0.1) is 0 Å². The second kappa shape index (κ2) is 5.85. The third kappa shape index (κ3) is 2.98. The molecule has 1 atom stereocenters. The molecule has 0 aliphatic rings. The summed E-state index contributed by atoms with van der Waals surface area (Å²) in [7, 11) is 0. The van der Waals surface area contributed by atoms with E-state index in [1.54, 1.807) is 18.6 Å². The number of hydrogen-bond donors (Lipinski definition) is 2. The second-order valence-corrected chi connectivity index (χ2v) is 4.94. The smallest absolute Gasteiger partial charge is 0.252 e. The number of benzene rings is 1. The number of nitrogens with one attached hydrogen (secondary N) is 2. The van der Waals surface area contributed by atoms with Gasteiger partial charge >= 0.3 is 0 Å². The zero-order valence-corrected chi connectivity index (χ0v) is 11.7. The van der Waals surface area contributed by atoms with Crippen LogP contribution in [0.25, 0.3) is 10.9 Å². The standard InChI is InChI=1S/C16H16N4O/c1-11(15-10-17-6-7-18-15)19-9-13-8-12-4-2-3-5-14(12)20-16(13)21/h2-8,10-11,19H,9H2,1H3,(H,20,21). The van der Waals surface area contributed by atoms with Crippen LogP contribution in [0.1, 0.15) is 24.2 Å². The van der Waals surface area contributed by atoms with E-state index in [4.69, 9.17) is 0 Å². The Morgan fingerprint density at radius 2 is 2.14 bits per heavy atom. The molecule has 0 amide bonds. The normalized spacial score (nSPS) is 12.4. The van der Waals surface area contributed by atoms with Crippen molar-refractivity contribution in [2.45, 2.75) is 19.5 Å². The SMILES string of the molecule is CC(NCc1cc2ccccc2[nH]c1=O)c1cnccn1. The van der Waals surface area contributed by atoms with Crippen LogP contribution < -0.4 is 10.9 Å². The Labute approximate surface area is 122 Å². The maximum absolute atomic E-state index is 12.1. The summed E-state index contributed by atoms with van der Waals surface area (Å²) in [6.45, 7) is 2.48. The average Bonchev–Trinajstić information content (AvgIpc) is 2.53. The molecule has 3 aromatic rings. The number of fused-ring (bicyclic) bond motifs is 1. The number of nitrogens with zero attached hydrogens (tertiary/aromatic N) is 2. The molecular weight excluding hydrogens is 264 g/mol. The van der Waals surface area contributed by atoms with Crippen LogP contribution in [0.3, 0.4) is 0 Å². The van der Waals surface area contributed by atoms with Crippen LogP contribution in [0.15, 0.2) is 53.7 Å². The molecule has 106 valence electrons. The number of pyridine rings is 1. The van der Waals surface area contributed by atoms with Gasteiger partial charge in [0.2, 0.25) is 0 Å². The van der Waals surface area contributed by atoms with Crippen LogP contribution in [-0.4, -0.2) is 15.0 Å². The van der Waals surface area contributed by atoms with Crippen LogP contribution in [0.2, 0.25) is 0 Å². The zero-order valence-electron chi connectivity index (χ0n) is 11.7. The maximum atomic E-state index is 12.1. The Hall–Kier alpha value is -2.53. The number of aromatic nitrogens is 3. The summed E-state index contributed by atoms with van der Waals surface area (Å²) in [4.78, 5) is 23.3. The maximum Gasteiger partial charge on any atom is 0.252 e. The van der Waals surface area contributed by atoms with Crippen molar-refractivity contribution in [3.63, 3.8) is 0 Å². The van der Waals surface area contributed by atoms with Gasteiger partial charge in [0.1, 0.15) is 0 Å². The Morgan fingerprint density at radius 3 is 2.95 bits per heavy atom. The molecule has 5 nitrogen and oxygen atoms in total. The Kier molecular flexibility index (Phi) is 3.75. The Bertz CT molecular complexity index is 798. The summed E-state index contributed by atoms with van der Waals surface area (Å²) in [6.07, 6.45) is 5.03. The number of hydrogen-bond acceptors (Lipinski definition) is 4. The fourth-order valence-electron chi connectivity index (χ4n) is 2.23. The fraction of sp³-hybridized carbons (Fsp3) is 0.188. The average molecular weight is 280 g/mol. The van der Waals surface area contributed by atoms with Gasteiger partial charge in [-0.1, -0.05) is 18.2 Å². The Balaban J connectivity index is 1.79. The topological polar surface area (TPSA) is 70.7 Å². The highest BCUT2D eigenvalue weighted by Gasteiger charge is 2.08. The summed E-state index contributed by atoms with van der Waals surface area (Å²) in [5, 5.41) is 4.33. The van der Waals surface area contributed by atoms with E-state index in [-0.39, 0.29) is 11.6 Å². The van der Waals surface area contributed by atoms with E-state index >= 15 is 0 Å². The first-order chi connectivity index (χ1) is 10.2. The van der Waals surface area contributed by atoms with Crippen LogP contribution in [-0.2, 0) is 6.54 Å². The fourth-order valence-corrected chi connectivity index (χ4v) is 2.23. The first-order valence-electron chi connectivity index (χ1n) is 6.84. The van der Waals surface area contributed by atoms with Crippen LogP contribution in [0.4, 0.5) is 0 Å². The molecule has 0 saturated heterocycles. The number of para-hydroxylation sites is 1. The van der Waals surface area contributed by atoms with E-state index in [1.165, 1.54) is 0 Å². The van der Waals surface area contributed by atoms with Gasteiger partial charge in [0.05, 0.1) is 5.69 Å². The third-order valence-electron chi connectivity index (χ3n) is 3.46. The highest BCUT2D eigenvalue weighted by molar-refractivity contribution is 5.78. The van der Waals surface area contributed by atoms with Gasteiger partial charge in [-0.2, -0.15) is 0 Å². The van der Waals surface area contributed by atoms with Crippen LogP contribution >= 0.6 is 0 Å². The summed E-state index contributed by atoms with van der Waals surface area (Å²) in [5.41, 5.74) is 2.36. The number of H-pyrrole nitrogens is 1. The van der Waals surface area contributed by atoms with Gasteiger partial charge in [0, 0.05) is 42.3 Å². The highest BCUT2D eigenvalue weighted by atomic mass is 16.1. The lowest BCUT2D eigenvalue weighted by molar-refractivity contribution is 0.557. The van der Waals surface area contributed by atoms with Crippen LogP contribution in [0.5, 0.6) is 0 Å². The summed E-state index contributed by atoms with van der Waals surface area (Å²) >= 11 is 0. The lowest BCUT2D eigenvalue weighted by Crippen LogP contribution is -2.24. The van der Waals surface area contributed by atoms with Crippen molar-refractivity contribution < 1.29 is 0 Å². The lowest BCUT2D eigenvalue weighted by Gasteiger charge is -2.12. The van der Waals surface area contributed by atoms with Crippen molar-refractivity contribution in [3.05, 3.63) is 70.5 Å². The molecule has 0 aliphatic heterocycles. The minimum atomic E-state index is -0.0625. The van der Waals surface area contributed by atoms with E-state index < -0.39 is 0 Å². The molecule has 0 spiro atoms. The molecule has 0 saturated carbocycles. The first-order valence-corrected chi connectivity index (χ1v) is 6.84. The molecule has 0 radical (unpaired) electrons. The summed E-state index contributed by atoms with van der Waals surface area (Å²) in [5.74, 6) is 0. The van der Waals surface area contributed by atoms with E-state index in [2.05, 4.69) is 20.3 Å². The summed E-state index contributed by atoms with van der Waals surface area (Å²) in [6, 6.07) is 9.71. The quantitative estimate of drug-likeness (QED) is 0.768. The largest absolute Gasteiger partial charge is 0.322 e. The van der Waals surface area contributed by atoms with E-state index in [9.17, 15) is 4.79 Å². The molecule has 5 heteroatoms. The van der Waals surface area contributed by atoms with Gasteiger partial charge < -0.3 is 10.3 Å². The van der Waals surface area contributed by atoms with Crippen molar-refractivity contribution in [2.24, 2.45) is 0 Å². The first kappa shape index (κ1) is 13.5. The number of rotatable bonds is 4. The molecule has 2 aromatic heterocycles. The van der Waals surface area contributed by atoms with Crippen molar-refractivity contribution in [1.29, 1.82) is 0 Å². The van der Waals surface area contributed by atoms with Gasteiger partial charge in [-0.05, 0) is 24.4 Å². The molecule has 3 rings (SSSR count). The highest BCUT2D eigenvalue weighted by Crippen LogP contribution is 2.11. The van der Waals surface area contributed by atoms with Gasteiger partial charge in [-0.3, -0.25) is 14.8 Å². The predicted molar refractivity (Wildman–Crippen MR) is 81.9 cm³/mol.